The predicted molar refractivity (Wildman–Crippen MR) is 83.5 cm³/mol. The minimum absolute atomic E-state index is 0.174. The first-order valence-electron chi connectivity index (χ1n) is 7.84. The van der Waals surface area contributed by atoms with Crippen LogP contribution in [0.15, 0.2) is 0 Å². The third-order valence-corrected chi connectivity index (χ3v) is 5.31. The van der Waals surface area contributed by atoms with Gasteiger partial charge in [0.05, 0.1) is 11.6 Å². The summed E-state index contributed by atoms with van der Waals surface area (Å²) in [7, 11) is 1.83. The minimum Gasteiger partial charge on any atom is -0.481 e. The van der Waals surface area contributed by atoms with Crippen LogP contribution < -0.4 is 0 Å². The van der Waals surface area contributed by atoms with Crippen molar-refractivity contribution in [3.05, 3.63) is 16.4 Å². The number of carbonyl (C=O) groups is 1. The molecule has 1 saturated carbocycles. The van der Waals surface area contributed by atoms with Crippen molar-refractivity contribution in [2.45, 2.75) is 52.4 Å². The summed E-state index contributed by atoms with van der Waals surface area (Å²) in [4.78, 5) is 11.5. The summed E-state index contributed by atoms with van der Waals surface area (Å²) in [5, 5.41) is 14.5. The highest BCUT2D eigenvalue weighted by Gasteiger charge is 2.35. The van der Waals surface area contributed by atoms with Crippen molar-refractivity contribution in [2.24, 2.45) is 24.8 Å². The number of rotatable bonds is 5. The Morgan fingerprint density at radius 3 is 2.71 bits per heavy atom. The predicted octanol–water partition coefficient (Wildman–Crippen LogP) is 3.84. The van der Waals surface area contributed by atoms with Crippen LogP contribution in [-0.2, 0) is 18.3 Å². The molecule has 0 aromatic carbocycles. The van der Waals surface area contributed by atoms with E-state index in [1.165, 1.54) is 12.8 Å². The molecule has 1 aromatic heterocycles. The van der Waals surface area contributed by atoms with E-state index in [0.29, 0.717) is 11.1 Å². The summed E-state index contributed by atoms with van der Waals surface area (Å²) in [6, 6.07) is 0. The lowest BCUT2D eigenvalue weighted by Gasteiger charge is -2.34. The van der Waals surface area contributed by atoms with E-state index >= 15 is 0 Å². The summed E-state index contributed by atoms with van der Waals surface area (Å²) in [6.45, 7) is 4.14. The summed E-state index contributed by atoms with van der Waals surface area (Å²) >= 11 is 6.31. The van der Waals surface area contributed by atoms with E-state index in [9.17, 15) is 9.90 Å². The molecule has 0 aliphatic heterocycles. The molecular weight excluding hydrogens is 288 g/mol. The third kappa shape index (κ3) is 3.60. The SMILES string of the molecule is CCCC1CCC(C(=O)O)C(Cc2c(C)nn(C)c2Cl)C1. The van der Waals surface area contributed by atoms with Crippen LogP contribution in [0.1, 0.15) is 50.3 Å². The van der Waals surface area contributed by atoms with Gasteiger partial charge in [0.15, 0.2) is 0 Å². The molecule has 3 atom stereocenters. The van der Waals surface area contributed by atoms with Crippen molar-refractivity contribution >= 4 is 17.6 Å². The fraction of sp³-hybridized carbons (Fsp3) is 0.750. The van der Waals surface area contributed by atoms with Crippen molar-refractivity contribution in [3.63, 3.8) is 0 Å². The first kappa shape index (κ1) is 16.3. The molecule has 1 fully saturated rings. The van der Waals surface area contributed by atoms with Gasteiger partial charge in [0.2, 0.25) is 0 Å². The molecule has 5 heteroatoms. The topological polar surface area (TPSA) is 55.1 Å². The van der Waals surface area contributed by atoms with Crippen LogP contribution in [0.5, 0.6) is 0 Å². The number of hydrogen-bond acceptors (Lipinski definition) is 2. The smallest absolute Gasteiger partial charge is 0.306 e. The Balaban J connectivity index is 2.17. The number of aliphatic carboxylic acids is 1. The third-order valence-electron chi connectivity index (χ3n) is 4.84. The molecule has 0 amide bonds. The lowest BCUT2D eigenvalue weighted by Crippen LogP contribution is -2.32. The van der Waals surface area contributed by atoms with E-state index < -0.39 is 5.97 Å². The van der Waals surface area contributed by atoms with Crippen molar-refractivity contribution in [1.82, 2.24) is 9.78 Å². The molecule has 0 bridgehead atoms. The Morgan fingerprint density at radius 1 is 1.48 bits per heavy atom. The molecule has 1 aliphatic carbocycles. The van der Waals surface area contributed by atoms with Gasteiger partial charge in [0, 0.05) is 12.6 Å². The van der Waals surface area contributed by atoms with Gasteiger partial charge < -0.3 is 5.11 Å². The van der Waals surface area contributed by atoms with Gasteiger partial charge in [-0.1, -0.05) is 31.4 Å². The van der Waals surface area contributed by atoms with Gasteiger partial charge in [-0.05, 0) is 44.4 Å². The monoisotopic (exact) mass is 312 g/mol. The Bertz CT molecular complexity index is 513. The van der Waals surface area contributed by atoms with Crippen LogP contribution in [0.2, 0.25) is 5.15 Å². The standard InChI is InChI=1S/C16H25ClN2O2/c1-4-5-11-6-7-13(16(20)21)12(8-11)9-14-10(2)18-19(3)15(14)17/h11-13H,4-9H2,1-3H3,(H,20,21). The highest BCUT2D eigenvalue weighted by molar-refractivity contribution is 6.30. The van der Waals surface area contributed by atoms with Crippen LogP contribution >= 0.6 is 11.6 Å². The number of aryl methyl sites for hydroxylation is 2. The first-order chi connectivity index (χ1) is 9.93. The molecule has 1 aliphatic rings. The Morgan fingerprint density at radius 2 is 2.19 bits per heavy atom. The maximum atomic E-state index is 11.5. The van der Waals surface area contributed by atoms with E-state index in [1.807, 2.05) is 14.0 Å². The average molecular weight is 313 g/mol. The lowest BCUT2D eigenvalue weighted by atomic mass is 9.70. The molecule has 1 N–H and O–H groups in total. The van der Waals surface area contributed by atoms with Crippen LogP contribution in [0.4, 0.5) is 0 Å². The van der Waals surface area contributed by atoms with E-state index in [4.69, 9.17) is 11.6 Å². The Labute approximate surface area is 131 Å². The molecule has 0 spiro atoms. The highest BCUT2D eigenvalue weighted by Crippen LogP contribution is 2.39. The zero-order valence-electron chi connectivity index (χ0n) is 13.1. The van der Waals surface area contributed by atoms with Gasteiger partial charge in [-0.25, -0.2) is 0 Å². The molecule has 3 unspecified atom stereocenters. The van der Waals surface area contributed by atoms with Gasteiger partial charge in [0.1, 0.15) is 5.15 Å². The van der Waals surface area contributed by atoms with Gasteiger partial charge in [0.25, 0.3) is 0 Å². The van der Waals surface area contributed by atoms with Gasteiger partial charge >= 0.3 is 5.97 Å². The van der Waals surface area contributed by atoms with Gasteiger partial charge in [-0.15, -0.1) is 0 Å². The second kappa shape index (κ2) is 6.82. The van der Waals surface area contributed by atoms with Crippen molar-refractivity contribution in [3.8, 4) is 0 Å². The van der Waals surface area contributed by atoms with E-state index in [0.717, 1.165) is 36.9 Å². The second-order valence-corrected chi connectivity index (χ2v) is 6.71. The molecule has 2 rings (SSSR count). The molecule has 0 radical (unpaired) electrons. The molecule has 118 valence electrons. The number of halogens is 1. The number of aromatic nitrogens is 2. The molecule has 1 aromatic rings. The van der Waals surface area contributed by atoms with Crippen molar-refractivity contribution in [2.75, 3.05) is 0 Å². The van der Waals surface area contributed by atoms with E-state index in [-0.39, 0.29) is 11.8 Å². The fourth-order valence-electron chi connectivity index (χ4n) is 3.75. The largest absolute Gasteiger partial charge is 0.481 e. The van der Waals surface area contributed by atoms with Crippen molar-refractivity contribution < 1.29 is 9.90 Å². The second-order valence-electron chi connectivity index (χ2n) is 6.36. The summed E-state index contributed by atoms with van der Waals surface area (Å²) in [5.41, 5.74) is 1.94. The number of carboxylic acid groups (broad SMARTS) is 1. The average Bonchev–Trinajstić information content (AvgIpc) is 2.66. The van der Waals surface area contributed by atoms with E-state index in [2.05, 4.69) is 12.0 Å². The molecular formula is C16H25ClN2O2. The normalized spacial score (nSPS) is 26.0. The molecule has 1 heterocycles. The maximum Gasteiger partial charge on any atom is 0.306 e. The number of hydrogen-bond donors (Lipinski definition) is 1. The summed E-state index contributed by atoms with van der Waals surface area (Å²) in [6.07, 6.45) is 5.93. The molecule has 4 nitrogen and oxygen atoms in total. The summed E-state index contributed by atoms with van der Waals surface area (Å²) < 4.78 is 1.67. The first-order valence-corrected chi connectivity index (χ1v) is 8.22. The Hall–Kier alpha value is -1.03. The minimum atomic E-state index is -0.660. The lowest BCUT2D eigenvalue weighted by molar-refractivity contribution is -0.145. The fourth-order valence-corrected chi connectivity index (χ4v) is 4.00. The zero-order chi connectivity index (χ0) is 15.6. The van der Waals surface area contributed by atoms with Crippen LogP contribution in [0.3, 0.4) is 0 Å². The molecule has 21 heavy (non-hydrogen) atoms. The number of carboxylic acids is 1. The van der Waals surface area contributed by atoms with Crippen LogP contribution in [0.25, 0.3) is 0 Å². The van der Waals surface area contributed by atoms with Crippen LogP contribution in [-0.4, -0.2) is 20.9 Å². The van der Waals surface area contributed by atoms with Crippen molar-refractivity contribution in [1.29, 1.82) is 0 Å². The molecule has 0 saturated heterocycles. The highest BCUT2D eigenvalue weighted by atomic mass is 35.5. The zero-order valence-corrected chi connectivity index (χ0v) is 13.9. The van der Waals surface area contributed by atoms with Crippen LogP contribution in [0, 0.1) is 24.7 Å². The quantitative estimate of drug-likeness (QED) is 0.898. The summed E-state index contributed by atoms with van der Waals surface area (Å²) in [5.74, 6) is -0.0686. The maximum absolute atomic E-state index is 11.5. The van der Waals surface area contributed by atoms with E-state index in [1.54, 1.807) is 4.68 Å². The van der Waals surface area contributed by atoms with Gasteiger partial charge in [-0.2, -0.15) is 5.10 Å². The Kier molecular flexibility index (Phi) is 5.31. The van der Waals surface area contributed by atoms with Gasteiger partial charge in [-0.3, -0.25) is 9.48 Å². The number of nitrogens with zero attached hydrogens (tertiary/aromatic N) is 2.